The zero-order valence-corrected chi connectivity index (χ0v) is 15.5. The molecule has 2 aromatic carbocycles. The molecule has 0 radical (unpaired) electrons. The van der Waals surface area contributed by atoms with Crippen molar-refractivity contribution >= 4 is 17.4 Å². The lowest BCUT2D eigenvalue weighted by atomic mass is 9.97. The molecule has 1 saturated heterocycles. The van der Waals surface area contributed by atoms with Crippen molar-refractivity contribution in [2.24, 2.45) is 5.92 Å². The smallest absolute Gasteiger partial charge is 0.229 e. The maximum atomic E-state index is 12.7. The van der Waals surface area contributed by atoms with E-state index in [-0.39, 0.29) is 11.8 Å². The first-order valence-corrected chi connectivity index (χ1v) is 9.44. The Balaban J connectivity index is 1.35. The molecule has 6 heteroatoms. The molecule has 1 unspecified atom stereocenters. The minimum absolute atomic E-state index is 0.0327. The molecule has 1 aliphatic heterocycles. The van der Waals surface area contributed by atoms with Gasteiger partial charge in [-0.1, -0.05) is 18.2 Å². The number of hydrogen-bond acceptors (Lipinski definition) is 5. The number of ether oxygens (including phenoxy) is 1. The van der Waals surface area contributed by atoms with E-state index < -0.39 is 0 Å². The third kappa shape index (κ3) is 4.46. The van der Waals surface area contributed by atoms with Gasteiger partial charge >= 0.3 is 0 Å². The Hall–Kier alpha value is -3.41. The number of para-hydroxylation sites is 1. The average molecular weight is 374 g/mol. The number of piperidine rings is 1. The first kappa shape index (κ1) is 18.0. The zero-order chi connectivity index (χ0) is 19.2. The molecule has 0 aliphatic carbocycles. The van der Waals surface area contributed by atoms with Crippen LogP contribution in [0.4, 0.5) is 11.5 Å². The molecule has 28 heavy (non-hydrogen) atoms. The Morgan fingerprint density at radius 3 is 2.54 bits per heavy atom. The largest absolute Gasteiger partial charge is 0.457 e. The predicted molar refractivity (Wildman–Crippen MR) is 109 cm³/mol. The number of aromatic nitrogens is 2. The molecule has 3 aromatic rings. The third-order valence-corrected chi connectivity index (χ3v) is 4.78. The van der Waals surface area contributed by atoms with Crippen molar-refractivity contribution in [3.8, 4) is 11.5 Å². The summed E-state index contributed by atoms with van der Waals surface area (Å²) in [6, 6.07) is 20.8. The van der Waals surface area contributed by atoms with Crippen LogP contribution in [0.5, 0.6) is 11.5 Å². The van der Waals surface area contributed by atoms with Crippen LogP contribution in [-0.2, 0) is 4.79 Å². The highest BCUT2D eigenvalue weighted by Gasteiger charge is 2.26. The first-order chi connectivity index (χ1) is 13.8. The highest BCUT2D eigenvalue weighted by molar-refractivity contribution is 5.93. The number of benzene rings is 2. The van der Waals surface area contributed by atoms with Crippen LogP contribution >= 0.6 is 0 Å². The highest BCUT2D eigenvalue weighted by atomic mass is 16.5. The first-order valence-electron chi connectivity index (χ1n) is 9.44. The summed E-state index contributed by atoms with van der Waals surface area (Å²) in [4.78, 5) is 14.8. The van der Waals surface area contributed by atoms with Crippen molar-refractivity contribution in [2.45, 2.75) is 12.8 Å². The van der Waals surface area contributed by atoms with Gasteiger partial charge in [0.25, 0.3) is 0 Å². The van der Waals surface area contributed by atoms with E-state index in [1.807, 2.05) is 66.7 Å². The molecule has 1 N–H and O–H groups in total. The lowest BCUT2D eigenvalue weighted by Crippen LogP contribution is -2.41. The van der Waals surface area contributed by atoms with Crippen molar-refractivity contribution in [3.63, 3.8) is 0 Å². The van der Waals surface area contributed by atoms with Gasteiger partial charge in [-0.25, -0.2) is 0 Å². The number of anilines is 2. The van der Waals surface area contributed by atoms with Gasteiger partial charge in [-0.15, -0.1) is 5.10 Å². The second kappa shape index (κ2) is 8.52. The quantitative estimate of drug-likeness (QED) is 0.727. The molecule has 4 rings (SSSR count). The van der Waals surface area contributed by atoms with Gasteiger partial charge in [-0.05, 0) is 61.4 Å². The summed E-state index contributed by atoms with van der Waals surface area (Å²) < 4.78 is 5.79. The molecule has 142 valence electrons. The van der Waals surface area contributed by atoms with E-state index in [0.717, 1.165) is 42.4 Å². The van der Waals surface area contributed by atoms with Gasteiger partial charge in [0.05, 0.1) is 5.92 Å². The third-order valence-electron chi connectivity index (χ3n) is 4.78. The fourth-order valence-corrected chi connectivity index (χ4v) is 3.34. The van der Waals surface area contributed by atoms with Crippen LogP contribution in [0.3, 0.4) is 0 Å². The molecule has 0 saturated carbocycles. The van der Waals surface area contributed by atoms with Crippen LogP contribution in [0.2, 0.25) is 0 Å². The maximum Gasteiger partial charge on any atom is 0.229 e. The van der Waals surface area contributed by atoms with Crippen molar-refractivity contribution in [1.29, 1.82) is 0 Å². The van der Waals surface area contributed by atoms with E-state index in [2.05, 4.69) is 20.4 Å². The van der Waals surface area contributed by atoms with Gasteiger partial charge in [0, 0.05) is 25.0 Å². The lowest BCUT2D eigenvalue weighted by Gasteiger charge is -2.32. The van der Waals surface area contributed by atoms with Crippen LogP contribution in [0.25, 0.3) is 0 Å². The summed E-state index contributed by atoms with van der Waals surface area (Å²) in [5.41, 5.74) is 0.766. The number of nitrogens with one attached hydrogen (secondary N) is 1. The number of carbonyl (C=O) groups is 1. The maximum absolute atomic E-state index is 12.7. The van der Waals surface area contributed by atoms with Gasteiger partial charge in [0.15, 0.2) is 5.82 Å². The van der Waals surface area contributed by atoms with Gasteiger partial charge < -0.3 is 15.0 Å². The van der Waals surface area contributed by atoms with E-state index in [1.165, 1.54) is 0 Å². The van der Waals surface area contributed by atoms with Gasteiger partial charge in [0.2, 0.25) is 5.91 Å². The second-order valence-electron chi connectivity index (χ2n) is 6.80. The normalized spacial score (nSPS) is 16.4. The Kier molecular flexibility index (Phi) is 5.47. The average Bonchev–Trinajstić information content (AvgIpc) is 2.76. The Morgan fingerprint density at radius 2 is 1.79 bits per heavy atom. The summed E-state index contributed by atoms with van der Waals surface area (Å²) in [6.07, 6.45) is 3.49. The highest BCUT2D eigenvalue weighted by Crippen LogP contribution is 2.25. The van der Waals surface area contributed by atoms with Crippen molar-refractivity contribution in [3.05, 3.63) is 72.9 Å². The van der Waals surface area contributed by atoms with Crippen LogP contribution in [0, 0.1) is 5.92 Å². The van der Waals surface area contributed by atoms with Crippen molar-refractivity contribution in [2.75, 3.05) is 23.3 Å². The molecule has 0 bridgehead atoms. The molecular weight excluding hydrogens is 352 g/mol. The van der Waals surface area contributed by atoms with E-state index in [9.17, 15) is 4.79 Å². The minimum Gasteiger partial charge on any atom is -0.457 e. The summed E-state index contributed by atoms with van der Waals surface area (Å²) >= 11 is 0. The van der Waals surface area contributed by atoms with E-state index in [0.29, 0.717) is 6.54 Å². The standard InChI is InChI=1S/C22H22N4O2/c27-22(17-6-5-15-26(16-17)21-9-4-14-23-25-21)24-18-10-12-20(13-11-18)28-19-7-2-1-3-8-19/h1-4,7-14,17H,5-6,15-16H2,(H,24,27). The summed E-state index contributed by atoms with van der Waals surface area (Å²) in [5.74, 6) is 2.30. The summed E-state index contributed by atoms with van der Waals surface area (Å²) in [7, 11) is 0. The Labute approximate surface area is 164 Å². The molecule has 1 fully saturated rings. The molecule has 6 nitrogen and oxygen atoms in total. The number of hydrogen-bond donors (Lipinski definition) is 1. The molecule has 1 aliphatic rings. The van der Waals surface area contributed by atoms with Crippen LogP contribution in [0.15, 0.2) is 72.9 Å². The molecule has 1 amide bonds. The topological polar surface area (TPSA) is 67.3 Å². The Bertz CT molecular complexity index is 901. The fraction of sp³-hybridized carbons (Fsp3) is 0.227. The van der Waals surface area contributed by atoms with Gasteiger partial charge in [-0.3, -0.25) is 4.79 Å². The Morgan fingerprint density at radius 1 is 1.00 bits per heavy atom. The molecule has 2 heterocycles. The van der Waals surface area contributed by atoms with Crippen molar-refractivity contribution in [1.82, 2.24) is 10.2 Å². The van der Waals surface area contributed by atoms with Crippen LogP contribution < -0.4 is 15.0 Å². The van der Waals surface area contributed by atoms with Crippen molar-refractivity contribution < 1.29 is 9.53 Å². The minimum atomic E-state index is -0.0731. The monoisotopic (exact) mass is 374 g/mol. The van der Waals surface area contributed by atoms with Gasteiger partial charge in [-0.2, -0.15) is 5.10 Å². The molecule has 0 spiro atoms. The van der Waals surface area contributed by atoms with Crippen LogP contribution in [-0.4, -0.2) is 29.2 Å². The summed E-state index contributed by atoms with van der Waals surface area (Å²) in [5, 5.41) is 11.1. The van der Waals surface area contributed by atoms with E-state index in [4.69, 9.17) is 4.74 Å². The number of amides is 1. The molecule has 1 atom stereocenters. The predicted octanol–water partition coefficient (Wildman–Crippen LogP) is 4.12. The number of rotatable bonds is 5. The fourth-order valence-electron chi connectivity index (χ4n) is 3.34. The van der Waals surface area contributed by atoms with Gasteiger partial charge in [0.1, 0.15) is 11.5 Å². The zero-order valence-electron chi connectivity index (χ0n) is 15.5. The second-order valence-corrected chi connectivity index (χ2v) is 6.80. The van der Waals surface area contributed by atoms with E-state index in [1.54, 1.807) is 6.20 Å². The summed E-state index contributed by atoms with van der Waals surface area (Å²) in [6.45, 7) is 1.55. The van der Waals surface area contributed by atoms with E-state index >= 15 is 0 Å². The molecular formula is C22H22N4O2. The van der Waals surface area contributed by atoms with Crippen LogP contribution in [0.1, 0.15) is 12.8 Å². The number of nitrogens with zero attached hydrogens (tertiary/aromatic N) is 3. The lowest BCUT2D eigenvalue weighted by molar-refractivity contribution is -0.120. The molecule has 1 aromatic heterocycles. The SMILES string of the molecule is O=C(Nc1ccc(Oc2ccccc2)cc1)C1CCCN(c2cccnn2)C1. The number of carbonyl (C=O) groups excluding carboxylic acids is 1.